The van der Waals surface area contributed by atoms with Crippen LogP contribution in [0.15, 0.2) is 100 Å². The molecule has 1 fully saturated rings. The summed E-state index contributed by atoms with van der Waals surface area (Å²) in [6, 6.07) is 27.3. The van der Waals surface area contributed by atoms with E-state index in [0.29, 0.717) is 36.9 Å². The van der Waals surface area contributed by atoms with Crippen molar-refractivity contribution in [1.82, 2.24) is 14.9 Å². The van der Waals surface area contributed by atoms with Crippen LogP contribution in [0.2, 0.25) is 0 Å². The average Bonchev–Trinajstić information content (AvgIpc) is 3.74. The van der Waals surface area contributed by atoms with Gasteiger partial charge in [0.1, 0.15) is 30.1 Å². The molecule has 1 aliphatic rings. The van der Waals surface area contributed by atoms with E-state index < -0.39 is 12.2 Å². The Balaban J connectivity index is 0.952. The number of aromatic nitrogens is 2. The zero-order valence-electron chi connectivity index (χ0n) is 24.2. The minimum Gasteiger partial charge on any atom is -0.487 e. The van der Waals surface area contributed by atoms with Gasteiger partial charge in [-0.1, -0.05) is 60.7 Å². The van der Waals surface area contributed by atoms with Gasteiger partial charge in [0, 0.05) is 11.6 Å². The number of cyclic esters (lactones) is 1. The van der Waals surface area contributed by atoms with Gasteiger partial charge in [0.15, 0.2) is 6.10 Å². The second kappa shape index (κ2) is 13.2. The van der Waals surface area contributed by atoms with Gasteiger partial charge in [-0.05, 0) is 67.7 Å². The SMILES string of the molecule is Cc1oc(-c2ccccc2)nc1COc1ccc(CCCC2OC(=O)N(Cc3coc(/C=C/c4ccccc4)n3)C2=O)cc1. The highest BCUT2D eigenvalue weighted by Gasteiger charge is 2.40. The van der Waals surface area contributed by atoms with Crippen LogP contribution < -0.4 is 4.74 Å². The molecule has 0 saturated carbocycles. The van der Waals surface area contributed by atoms with Crippen molar-refractivity contribution in [2.45, 2.75) is 45.4 Å². The van der Waals surface area contributed by atoms with Gasteiger partial charge in [-0.15, -0.1) is 0 Å². The van der Waals surface area contributed by atoms with Gasteiger partial charge in [0.2, 0.25) is 11.8 Å². The molecule has 2 amide bonds. The molecule has 0 spiro atoms. The maximum atomic E-state index is 12.9. The predicted octanol–water partition coefficient (Wildman–Crippen LogP) is 7.26. The highest BCUT2D eigenvalue weighted by molar-refractivity contribution is 5.99. The third kappa shape index (κ3) is 6.95. The van der Waals surface area contributed by atoms with Crippen molar-refractivity contribution in [1.29, 1.82) is 0 Å². The van der Waals surface area contributed by atoms with E-state index in [1.54, 1.807) is 6.08 Å². The van der Waals surface area contributed by atoms with E-state index >= 15 is 0 Å². The molecule has 222 valence electrons. The Bertz CT molecular complexity index is 1740. The van der Waals surface area contributed by atoms with Gasteiger partial charge in [-0.25, -0.2) is 19.7 Å². The monoisotopic (exact) mass is 589 g/mol. The second-order valence-corrected chi connectivity index (χ2v) is 10.4. The first-order chi connectivity index (χ1) is 21.5. The Morgan fingerprint density at radius 3 is 2.43 bits per heavy atom. The van der Waals surface area contributed by atoms with Crippen LogP contribution in [0.4, 0.5) is 4.79 Å². The number of amides is 2. The minimum atomic E-state index is -0.805. The Morgan fingerprint density at radius 1 is 0.909 bits per heavy atom. The Kier molecular flexibility index (Phi) is 8.63. The molecule has 0 radical (unpaired) electrons. The van der Waals surface area contributed by atoms with E-state index in [1.165, 1.54) is 6.26 Å². The number of nitrogens with zero attached hydrogens (tertiary/aromatic N) is 3. The van der Waals surface area contributed by atoms with Gasteiger partial charge in [-0.3, -0.25) is 4.79 Å². The summed E-state index contributed by atoms with van der Waals surface area (Å²) in [4.78, 5) is 35.4. The summed E-state index contributed by atoms with van der Waals surface area (Å²) >= 11 is 0. The third-order valence-corrected chi connectivity index (χ3v) is 7.26. The zero-order valence-corrected chi connectivity index (χ0v) is 24.2. The molecule has 1 unspecified atom stereocenters. The number of carbonyl (C=O) groups is 2. The van der Waals surface area contributed by atoms with E-state index in [2.05, 4.69) is 9.97 Å². The van der Waals surface area contributed by atoms with Crippen LogP contribution in [0.1, 0.15) is 47.0 Å². The van der Waals surface area contributed by atoms with Gasteiger partial charge >= 0.3 is 6.09 Å². The lowest BCUT2D eigenvalue weighted by atomic mass is 10.1. The summed E-state index contributed by atoms with van der Waals surface area (Å²) in [6.45, 7) is 2.18. The quantitative estimate of drug-likeness (QED) is 0.150. The number of hydrogen-bond acceptors (Lipinski definition) is 8. The van der Waals surface area contributed by atoms with Crippen molar-refractivity contribution in [3.8, 4) is 17.2 Å². The average molecular weight is 590 g/mol. The van der Waals surface area contributed by atoms with Crippen molar-refractivity contribution in [2.75, 3.05) is 0 Å². The van der Waals surface area contributed by atoms with Crippen LogP contribution in [0.25, 0.3) is 23.6 Å². The first-order valence-electron chi connectivity index (χ1n) is 14.4. The lowest BCUT2D eigenvalue weighted by molar-refractivity contribution is -0.130. The molecule has 5 aromatic rings. The first-order valence-corrected chi connectivity index (χ1v) is 14.4. The van der Waals surface area contributed by atoms with Crippen LogP contribution in [0, 0.1) is 6.92 Å². The molecule has 44 heavy (non-hydrogen) atoms. The zero-order chi connectivity index (χ0) is 30.3. The molecular weight excluding hydrogens is 558 g/mol. The standard InChI is InChI=1S/C35H31N3O6/c1-24-30(37-33(43-24)27-12-6-3-7-13-27)23-41-29-18-15-26(16-19-29)11-8-14-31-34(39)38(35(40)44-31)21-28-22-42-32(36-28)20-17-25-9-4-2-5-10-25/h2-7,9-10,12-13,15-20,22,31H,8,11,14,21,23H2,1H3/b20-17+. The smallest absolute Gasteiger partial charge is 0.417 e. The number of benzene rings is 3. The fraction of sp³-hybridized carbons (Fsp3) is 0.200. The lowest BCUT2D eigenvalue weighted by Crippen LogP contribution is -2.31. The van der Waals surface area contributed by atoms with Crippen molar-refractivity contribution in [3.63, 3.8) is 0 Å². The number of rotatable bonds is 12. The molecule has 9 nitrogen and oxygen atoms in total. The molecule has 1 aliphatic heterocycles. The fourth-order valence-corrected chi connectivity index (χ4v) is 4.85. The van der Waals surface area contributed by atoms with E-state index in [9.17, 15) is 9.59 Å². The van der Waals surface area contributed by atoms with E-state index in [4.69, 9.17) is 18.3 Å². The number of imide groups is 1. The first kappa shape index (κ1) is 28.7. The van der Waals surface area contributed by atoms with Gasteiger partial charge in [0.05, 0.1) is 12.2 Å². The van der Waals surface area contributed by atoms with Crippen LogP contribution in [-0.4, -0.2) is 33.0 Å². The van der Waals surface area contributed by atoms with E-state index in [0.717, 1.165) is 45.2 Å². The predicted molar refractivity (Wildman–Crippen MR) is 163 cm³/mol. The van der Waals surface area contributed by atoms with Crippen LogP contribution >= 0.6 is 0 Å². The maximum absolute atomic E-state index is 12.9. The van der Waals surface area contributed by atoms with Crippen LogP contribution in [0.5, 0.6) is 5.75 Å². The van der Waals surface area contributed by atoms with E-state index in [1.807, 2.05) is 97.9 Å². The fourth-order valence-electron chi connectivity index (χ4n) is 4.85. The summed E-state index contributed by atoms with van der Waals surface area (Å²) < 4.78 is 22.6. The Morgan fingerprint density at radius 2 is 1.66 bits per heavy atom. The molecule has 6 rings (SSSR count). The molecule has 0 aliphatic carbocycles. The molecule has 0 N–H and O–H groups in total. The largest absolute Gasteiger partial charge is 0.487 e. The van der Waals surface area contributed by atoms with Gasteiger partial charge in [0.25, 0.3) is 5.91 Å². The summed E-state index contributed by atoms with van der Waals surface area (Å²) in [5.74, 6) is 2.05. The normalized spacial score (nSPS) is 14.8. The minimum absolute atomic E-state index is 0.000261. The molecule has 1 atom stereocenters. The van der Waals surface area contributed by atoms with Gasteiger partial charge < -0.3 is 18.3 Å². The highest BCUT2D eigenvalue weighted by Crippen LogP contribution is 2.24. The molecule has 9 heteroatoms. The topological polar surface area (TPSA) is 108 Å². The van der Waals surface area contributed by atoms with Gasteiger partial charge in [-0.2, -0.15) is 0 Å². The summed E-state index contributed by atoms with van der Waals surface area (Å²) in [5, 5.41) is 0. The molecule has 0 bridgehead atoms. The van der Waals surface area contributed by atoms with Crippen molar-refractivity contribution in [3.05, 3.63) is 125 Å². The number of hydrogen-bond donors (Lipinski definition) is 0. The third-order valence-electron chi connectivity index (χ3n) is 7.26. The summed E-state index contributed by atoms with van der Waals surface area (Å²) in [6.07, 6.45) is 5.43. The Hall–Kier alpha value is -5.44. The molecular formula is C35H31N3O6. The molecule has 2 aromatic heterocycles. The summed E-state index contributed by atoms with van der Waals surface area (Å²) in [7, 11) is 0. The second-order valence-electron chi connectivity index (χ2n) is 10.4. The van der Waals surface area contributed by atoms with Crippen molar-refractivity contribution >= 4 is 24.2 Å². The number of aryl methyl sites for hydroxylation is 2. The molecule has 1 saturated heterocycles. The highest BCUT2D eigenvalue weighted by atomic mass is 16.6. The maximum Gasteiger partial charge on any atom is 0.417 e. The number of oxazole rings is 2. The Labute approximate surface area is 254 Å². The lowest BCUT2D eigenvalue weighted by Gasteiger charge is -2.09. The number of ether oxygens (including phenoxy) is 2. The van der Waals surface area contributed by atoms with Crippen molar-refractivity contribution < 1.29 is 27.9 Å². The van der Waals surface area contributed by atoms with Crippen LogP contribution in [0.3, 0.4) is 0 Å². The van der Waals surface area contributed by atoms with Crippen molar-refractivity contribution in [2.24, 2.45) is 0 Å². The number of carbonyl (C=O) groups excluding carboxylic acids is 2. The molecule has 3 aromatic carbocycles. The summed E-state index contributed by atoms with van der Waals surface area (Å²) in [5.41, 5.74) is 4.24. The van der Waals surface area contributed by atoms with Crippen LogP contribution in [-0.2, 0) is 29.1 Å². The van der Waals surface area contributed by atoms with E-state index in [-0.39, 0.29) is 12.5 Å². The molecule has 3 heterocycles.